The molecule has 3 nitrogen and oxygen atoms in total. The minimum absolute atomic E-state index is 0.0919. The summed E-state index contributed by atoms with van der Waals surface area (Å²) >= 11 is 7.00. The highest BCUT2D eigenvalue weighted by Crippen LogP contribution is 2.29. The van der Waals surface area contributed by atoms with E-state index in [1.54, 1.807) is 0 Å². The molecule has 1 atom stereocenters. The van der Waals surface area contributed by atoms with Crippen LogP contribution in [0.1, 0.15) is 18.0 Å². The second kappa shape index (κ2) is 7.01. The van der Waals surface area contributed by atoms with Gasteiger partial charge in [-0.3, -0.25) is 4.90 Å². The number of aliphatic hydroxyl groups is 1. The van der Waals surface area contributed by atoms with E-state index >= 15 is 0 Å². The minimum Gasteiger partial charge on any atom is -0.394 e. The third-order valence-electron chi connectivity index (χ3n) is 3.32. The van der Waals surface area contributed by atoms with Crippen molar-refractivity contribution >= 4 is 31.9 Å². The van der Waals surface area contributed by atoms with E-state index in [0.717, 1.165) is 47.1 Å². The summed E-state index contributed by atoms with van der Waals surface area (Å²) in [5, 5.41) is 13.1. The Kier molecular flexibility index (Phi) is 5.63. The van der Waals surface area contributed by atoms with E-state index < -0.39 is 0 Å². The van der Waals surface area contributed by atoms with Gasteiger partial charge in [0.15, 0.2) is 0 Å². The number of rotatable bonds is 3. The first-order valence-electron chi connectivity index (χ1n) is 6.23. The minimum atomic E-state index is 0.0919. The Morgan fingerprint density at radius 3 is 2.78 bits per heavy atom. The van der Waals surface area contributed by atoms with Crippen LogP contribution in [0.15, 0.2) is 27.1 Å². The maximum atomic E-state index is 9.69. The van der Waals surface area contributed by atoms with Crippen LogP contribution in [0.4, 0.5) is 0 Å². The quantitative estimate of drug-likeness (QED) is 0.849. The maximum Gasteiger partial charge on any atom is 0.0628 e. The average Bonchev–Trinajstić information content (AvgIpc) is 2.64. The van der Waals surface area contributed by atoms with E-state index in [1.165, 1.54) is 0 Å². The fraction of sp³-hybridized carbons (Fsp3) is 0.538. The monoisotopic (exact) mass is 376 g/mol. The molecule has 5 heteroatoms. The van der Waals surface area contributed by atoms with Crippen molar-refractivity contribution in [1.29, 1.82) is 0 Å². The molecule has 1 aromatic carbocycles. The lowest BCUT2D eigenvalue weighted by atomic mass is 10.1. The van der Waals surface area contributed by atoms with Gasteiger partial charge in [0, 0.05) is 28.6 Å². The fourth-order valence-corrected chi connectivity index (χ4v) is 2.97. The molecule has 0 amide bonds. The predicted octanol–water partition coefficient (Wildman–Crippen LogP) is 2.54. The van der Waals surface area contributed by atoms with Crippen molar-refractivity contribution in [1.82, 2.24) is 10.2 Å². The third kappa shape index (κ3) is 3.54. The molecule has 1 aliphatic heterocycles. The standard InChI is InChI=1S/C13H18Br2N2O/c14-11-3-2-10(8-12(11)15)13(9-18)17-6-1-4-16-5-7-17/h2-3,8,13,16,18H,1,4-7,9H2. The molecule has 1 fully saturated rings. The Morgan fingerprint density at radius 2 is 2.06 bits per heavy atom. The molecule has 2 rings (SSSR count). The van der Waals surface area contributed by atoms with Crippen LogP contribution in [-0.4, -0.2) is 42.8 Å². The molecule has 0 saturated carbocycles. The maximum absolute atomic E-state index is 9.69. The van der Waals surface area contributed by atoms with Crippen molar-refractivity contribution in [2.75, 3.05) is 32.8 Å². The molecular weight excluding hydrogens is 360 g/mol. The van der Waals surface area contributed by atoms with Crippen molar-refractivity contribution < 1.29 is 5.11 Å². The summed E-state index contributed by atoms with van der Waals surface area (Å²) in [4.78, 5) is 2.36. The molecule has 0 aliphatic carbocycles. The van der Waals surface area contributed by atoms with Gasteiger partial charge in [0.2, 0.25) is 0 Å². The van der Waals surface area contributed by atoms with Gasteiger partial charge in [-0.05, 0) is 62.5 Å². The normalized spacial score (nSPS) is 19.5. The van der Waals surface area contributed by atoms with Crippen LogP contribution in [0.2, 0.25) is 0 Å². The number of nitrogens with zero attached hydrogens (tertiary/aromatic N) is 1. The van der Waals surface area contributed by atoms with Gasteiger partial charge in [0.05, 0.1) is 12.6 Å². The summed E-state index contributed by atoms with van der Waals surface area (Å²) in [7, 11) is 0. The van der Waals surface area contributed by atoms with Gasteiger partial charge in [-0.2, -0.15) is 0 Å². The molecule has 0 spiro atoms. The Hall–Kier alpha value is 0.0600. The molecule has 18 heavy (non-hydrogen) atoms. The molecule has 0 bridgehead atoms. The zero-order chi connectivity index (χ0) is 13.0. The van der Waals surface area contributed by atoms with Gasteiger partial charge in [0.25, 0.3) is 0 Å². The van der Waals surface area contributed by atoms with E-state index in [2.05, 4.69) is 54.2 Å². The lowest BCUT2D eigenvalue weighted by Crippen LogP contribution is -2.34. The summed E-state index contributed by atoms with van der Waals surface area (Å²) in [5.41, 5.74) is 1.16. The second-order valence-corrected chi connectivity index (χ2v) is 6.22. The van der Waals surface area contributed by atoms with Crippen molar-refractivity contribution in [3.63, 3.8) is 0 Å². The van der Waals surface area contributed by atoms with Crippen LogP contribution >= 0.6 is 31.9 Å². The van der Waals surface area contributed by atoms with Crippen LogP contribution < -0.4 is 5.32 Å². The number of benzene rings is 1. The van der Waals surface area contributed by atoms with Crippen molar-refractivity contribution in [2.24, 2.45) is 0 Å². The highest BCUT2D eigenvalue weighted by atomic mass is 79.9. The predicted molar refractivity (Wildman–Crippen MR) is 80.7 cm³/mol. The van der Waals surface area contributed by atoms with Gasteiger partial charge < -0.3 is 10.4 Å². The first-order chi connectivity index (χ1) is 8.72. The molecule has 0 radical (unpaired) electrons. The first kappa shape index (κ1) is 14.5. The van der Waals surface area contributed by atoms with Gasteiger partial charge in [-0.25, -0.2) is 0 Å². The number of aliphatic hydroxyl groups excluding tert-OH is 1. The summed E-state index contributed by atoms with van der Waals surface area (Å²) in [6, 6.07) is 6.28. The molecule has 1 aromatic rings. The van der Waals surface area contributed by atoms with E-state index in [-0.39, 0.29) is 12.6 Å². The second-order valence-electron chi connectivity index (χ2n) is 4.51. The lowest BCUT2D eigenvalue weighted by molar-refractivity contribution is 0.130. The number of hydrogen-bond donors (Lipinski definition) is 2. The number of hydrogen-bond acceptors (Lipinski definition) is 3. The molecule has 2 N–H and O–H groups in total. The molecule has 100 valence electrons. The highest BCUT2D eigenvalue weighted by molar-refractivity contribution is 9.13. The first-order valence-corrected chi connectivity index (χ1v) is 7.81. The summed E-state index contributed by atoms with van der Waals surface area (Å²) in [6.07, 6.45) is 1.13. The topological polar surface area (TPSA) is 35.5 Å². The van der Waals surface area contributed by atoms with Crippen molar-refractivity contribution in [3.05, 3.63) is 32.7 Å². The molecule has 1 aliphatic rings. The van der Waals surface area contributed by atoms with E-state index in [9.17, 15) is 5.11 Å². The molecule has 1 unspecified atom stereocenters. The van der Waals surface area contributed by atoms with E-state index in [1.807, 2.05) is 6.07 Å². The van der Waals surface area contributed by atoms with Crippen LogP contribution in [-0.2, 0) is 0 Å². The van der Waals surface area contributed by atoms with Crippen LogP contribution in [0.3, 0.4) is 0 Å². The van der Waals surface area contributed by atoms with Gasteiger partial charge >= 0.3 is 0 Å². The largest absolute Gasteiger partial charge is 0.394 e. The summed E-state index contributed by atoms with van der Waals surface area (Å²) in [5.74, 6) is 0. The Bertz CT molecular complexity index is 393. The Labute approximate surface area is 125 Å². The summed E-state index contributed by atoms with van der Waals surface area (Å²) in [6.45, 7) is 4.24. The zero-order valence-electron chi connectivity index (χ0n) is 10.2. The van der Waals surface area contributed by atoms with Gasteiger partial charge in [-0.1, -0.05) is 6.07 Å². The van der Waals surface area contributed by atoms with Crippen molar-refractivity contribution in [2.45, 2.75) is 12.5 Å². The number of nitrogens with one attached hydrogen (secondary N) is 1. The Balaban J connectivity index is 2.17. The fourth-order valence-electron chi connectivity index (χ4n) is 2.33. The third-order valence-corrected chi connectivity index (χ3v) is 5.20. The molecule has 1 saturated heterocycles. The van der Waals surface area contributed by atoms with E-state index in [4.69, 9.17) is 0 Å². The zero-order valence-corrected chi connectivity index (χ0v) is 13.4. The number of halogens is 2. The van der Waals surface area contributed by atoms with Gasteiger partial charge in [-0.15, -0.1) is 0 Å². The van der Waals surface area contributed by atoms with E-state index in [0.29, 0.717) is 0 Å². The SMILES string of the molecule is OCC(c1ccc(Br)c(Br)c1)N1CCCNCC1. The summed E-state index contributed by atoms with van der Waals surface area (Å²) < 4.78 is 2.08. The highest BCUT2D eigenvalue weighted by Gasteiger charge is 2.21. The van der Waals surface area contributed by atoms with Crippen LogP contribution in [0.5, 0.6) is 0 Å². The lowest BCUT2D eigenvalue weighted by Gasteiger charge is -2.29. The molecule has 1 heterocycles. The molecule has 0 aromatic heterocycles. The average molecular weight is 378 g/mol. The van der Waals surface area contributed by atoms with Crippen LogP contribution in [0.25, 0.3) is 0 Å². The molecular formula is C13H18Br2N2O. The van der Waals surface area contributed by atoms with Crippen LogP contribution in [0, 0.1) is 0 Å². The van der Waals surface area contributed by atoms with Crippen molar-refractivity contribution in [3.8, 4) is 0 Å². The van der Waals surface area contributed by atoms with Gasteiger partial charge in [0.1, 0.15) is 0 Å². The smallest absolute Gasteiger partial charge is 0.0628 e. The Morgan fingerprint density at radius 1 is 1.22 bits per heavy atom.